The van der Waals surface area contributed by atoms with E-state index in [-0.39, 0.29) is 11.7 Å². The molecule has 1 aromatic carbocycles. The van der Waals surface area contributed by atoms with Crippen LogP contribution in [0.5, 0.6) is 0 Å². The molecule has 24 heavy (non-hydrogen) atoms. The van der Waals surface area contributed by atoms with Crippen molar-refractivity contribution in [2.45, 2.75) is 25.4 Å². The van der Waals surface area contributed by atoms with Crippen LogP contribution in [-0.4, -0.2) is 36.6 Å². The van der Waals surface area contributed by atoms with Gasteiger partial charge in [-0.2, -0.15) is 0 Å². The number of para-hydroxylation sites is 1. The summed E-state index contributed by atoms with van der Waals surface area (Å²) in [7, 11) is 0. The van der Waals surface area contributed by atoms with Crippen LogP contribution in [0.1, 0.15) is 17.8 Å². The Morgan fingerprint density at radius 3 is 2.67 bits per heavy atom. The van der Waals surface area contributed by atoms with Crippen molar-refractivity contribution in [2.24, 2.45) is 0 Å². The van der Waals surface area contributed by atoms with E-state index in [0.717, 1.165) is 22.9 Å². The first kappa shape index (κ1) is 16.6. The van der Waals surface area contributed by atoms with Crippen molar-refractivity contribution in [3.8, 4) is 5.69 Å². The molecule has 0 aliphatic rings. The first-order chi connectivity index (χ1) is 11.7. The molecule has 0 spiro atoms. The highest BCUT2D eigenvalue weighted by Gasteiger charge is 2.15. The topological polar surface area (TPSA) is 85.6 Å². The standard InChI is InChI=1S/C15H16N6OS2/c1-3-12-18-20-15(21(12)11-7-5-4-6-8-11)23-9-13(22)16-14-19-17-10(2)24-14/h4-8H,3,9H2,1-2H3,(H,16,19,22). The number of amides is 1. The van der Waals surface area contributed by atoms with Gasteiger partial charge in [-0.1, -0.05) is 48.2 Å². The van der Waals surface area contributed by atoms with E-state index in [2.05, 4.69) is 25.7 Å². The molecule has 124 valence electrons. The Morgan fingerprint density at radius 1 is 1.21 bits per heavy atom. The van der Waals surface area contributed by atoms with E-state index in [1.165, 1.54) is 23.1 Å². The van der Waals surface area contributed by atoms with Crippen molar-refractivity contribution in [3.63, 3.8) is 0 Å². The molecule has 0 bridgehead atoms. The van der Waals surface area contributed by atoms with Crippen LogP contribution in [0.25, 0.3) is 5.69 Å². The molecule has 1 amide bonds. The van der Waals surface area contributed by atoms with Gasteiger partial charge in [0.2, 0.25) is 11.0 Å². The van der Waals surface area contributed by atoms with Gasteiger partial charge >= 0.3 is 0 Å². The first-order valence-electron chi connectivity index (χ1n) is 7.40. The van der Waals surface area contributed by atoms with Crippen LogP contribution < -0.4 is 5.32 Å². The van der Waals surface area contributed by atoms with Crippen LogP contribution in [-0.2, 0) is 11.2 Å². The van der Waals surface area contributed by atoms with E-state index in [0.29, 0.717) is 10.3 Å². The quantitative estimate of drug-likeness (QED) is 0.680. The molecular formula is C15H16N6OS2. The van der Waals surface area contributed by atoms with E-state index in [1.54, 1.807) is 0 Å². The summed E-state index contributed by atoms with van der Waals surface area (Å²) in [5.41, 5.74) is 0.988. The molecule has 7 nitrogen and oxygen atoms in total. The van der Waals surface area contributed by atoms with E-state index in [4.69, 9.17) is 0 Å². The maximum Gasteiger partial charge on any atom is 0.236 e. The fraction of sp³-hybridized carbons (Fsp3) is 0.267. The number of carbonyl (C=O) groups is 1. The molecule has 0 fully saturated rings. The summed E-state index contributed by atoms with van der Waals surface area (Å²) in [5.74, 6) is 0.952. The summed E-state index contributed by atoms with van der Waals surface area (Å²) >= 11 is 2.69. The third-order valence-electron chi connectivity index (χ3n) is 3.14. The Morgan fingerprint density at radius 2 is 2.00 bits per heavy atom. The van der Waals surface area contributed by atoms with Gasteiger partial charge in [-0.05, 0) is 19.1 Å². The lowest BCUT2D eigenvalue weighted by Gasteiger charge is -2.08. The summed E-state index contributed by atoms with van der Waals surface area (Å²) in [6, 6.07) is 9.89. The van der Waals surface area contributed by atoms with Crippen molar-refractivity contribution in [3.05, 3.63) is 41.2 Å². The van der Waals surface area contributed by atoms with Crippen LogP contribution in [0.3, 0.4) is 0 Å². The molecule has 0 atom stereocenters. The van der Waals surface area contributed by atoms with Gasteiger partial charge in [0.15, 0.2) is 5.16 Å². The number of aromatic nitrogens is 5. The predicted molar refractivity (Wildman–Crippen MR) is 94.7 cm³/mol. The van der Waals surface area contributed by atoms with E-state index in [1.807, 2.05) is 48.7 Å². The van der Waals surface area contributed by atoms with Gasteiger partial charge in [-0.3, -0.25) is 14.7 Å². The second kappa shape index (κ2) is 7.54. The molecule has 0 saturated carbocycles. The molecule has 0 unspecified atom stereocenters. The Kier molecular flexibility index (Phi) is 5.21. The summed E-state index contributed by atoms with van der Waals surface area (Å²) in [5, 5.41) is 21.0. The number of benzene rings is 1. The average molecular weight is 360 g/mol. The monoisotopic (exact) mass is 360 g/mol. The van der Waals surface area contributed by atoms with E-state index in [9.17, 15) is 4.79 Å². The fourth-order valence-corrected chi connectivity index (χ4v) is 3.47. The van der Waals surface area contributed by atoms with Gasteiger partial charge in [-0.15, -0.1) is 20.4 Å². The minimum atomic E-state index is -0.142. The number of carbonyl (C=O) groups excluding carboxylic acids is 1. The largest absolute Gasteiger partial charge is 0.300 e. The van der Waals surface area contributed by atoms with Crippen molar-refractivity contribution >= 4 is 34.1 Å². The van der Waals surface area contributed by atoms with Gasteiger partial charge in [0, 0.05) is 12.1 Å². The Labute approximate surface area is 147 Å². The molecule has 2 heterocycles. The minimum Gasteiger partial charge on any atom is -0.300 e. The van der Waals surface area contributed by atoms with E-state index >= 15 is 0 Å². The second-order valence-corrected chi connectivity index (χ2v) is 7.01. The molecule has 0 radical (unpaired) electrons. The summed E-state index contributed by atoms with van der Waals surface area (Å²) < 4.78 is 1.98. The second-order valence-electron chi connectivity index (χ2n) is 4.89. The van der Waals surface area contributed by atoms with Gasteiger partial charge in [0.1, 0.15) is 10.8 Å². The lowest BCUT2D eigenvalue weighted by atomic mass is 10.3. The number of thioether (sulfide) groups is 1. The third-order valence-corrected chi connectivity index (χ3v) is 4.82. The molecule has 0 aliphatic carbocycles. The number of nitrogens with one attached hydrogen (secondary N) is 1. The SMILES string of the molecule is CCc1nnc(SCC(=O)Nc2nnc(C)s2)n1-c1ccccc1. The zero-order chi connectivity index (χ0) is 16.9. The maximum atomic E-state index is 12.1. The lowest BCUT2D eigenvalue weighted by Crippen LogP contribution is -2.14. The Balaban J connectivity index is 1.71. The minimum absolute atomic E-state index is 0.142. The molecule has 9 heteroatoms. The summed E-state index contributed by atoms with van der Waals surface area (Å²) in [6.45, 7) is 3.87. The Hall–Kier alpha value is -2.26. The fourth-order valence-electron chi connectivity index (χ4n) is 2.09. The maximum absolute atomic E-state index is 12.1. The van der Waals surface area contributed by atoms with Gasteiger partial charge in [-0.25, -0.2) is 0 Å². The molecular weight excluding hydrogens is 344 g/mol. The average Bonchev–Trinajstić information content (AvgIpc) is 3.19. The predicted octanol–water partition coefficient (Wildman–Crippen LogP) is 2.72. The number of nitrogens with zero attached hydrogens (tertiary/aromatic N) is 5. The summed E-state index contributed by atoms with van der Waals surface area (Å²) in [6.07, 6.45) is 0.763. The molecule has 2 aromatic heterocycles. The lowest BCUT2D eigenvalue weighted by molar-refractivity contribution is -0.113. The van der Waals surface area contributed by atoms with Crippen molar-refractivity contribution in [1.29, 1.82) is 0 Å². The van der Waals surface area contributed by atoms with Gasteiger partial charge in [0.25, 0.3) is 0 Å². The van der Waals surface area contributed by atoms with E-state index < -0.39 is 0 Å². The molecule has 3 aromatic rings. The zero-order valence-corrected chi connectivity index (χ0v) is 14.9. The highest BCUT2D eigenvalue weighted by Crippen LogP contribution is 2.22. The van der Waals surface area contributed by atoms with Crippen molar-refractivity contribution in [2.75, 3.05) is 11.1 Å². The smallest absolute Gasteiger partial charge is 0.236 e. The van der Waals surface area contributed by atoms with Crippen LogP contribution in [0, 0.1) is 6.92 Å². The first-order valence-corrected chi connectivity index (χ1v) is 9.20. The van der Waals surface area contributed by atoms with Gasteiger partial charge in [0.05, 0.1) is 5.75 Å². The highest BCUT2D eigenvalue weighted by atomic mass is 32.2. The molecule has 0 aliphatic heterocycles. The molecule has 1 N–H and O–H groups in total. The van der Waals surface area contributed by atoms with Crippen LogP contribution >= 0.6 is 23.1 Å². The normalized spacial score (nSPS) is 10.8. The van der Waals surface area contributed by atoms with Crippen LogP contribution in [0.2, 0.25) is 0 Å². The van der Waals surface area contributed by atoms with Crippen molar-refractivity contribution < 1.29 is 4.79 Å². The number of hydrogen-bond donors (Lipinski definition) is 1. The molecule has 0 saturated heterocycles. The number of aryl methyl sites for hydroxylation is 2. The van der Waals surface area contributed by atoms with Crippen LogP contribution in [0.4, 0.5) is 5.13 Å². The summed E-state index contributed by atoms with van der Waals surface area (Å²) in [4.78, 5) is 12.1. The number of hydrogen-bond acceptors (Lipinski definition) is 7. The third kappa shape index (κ3) is 3.80. The van der Waals surface area contributed by atoms with Crippen LogP contribution in [0.15, 0.2) is 35.5 Å². The molecule has 3 rings (SSSR count). The zero-order valence-electron chi connectivity index (χ0n) is 13.3. The van der Waals surface area contributed by atoms with Gasteiger partial charge < -0.3 is 0 Å². The Bertz CT molecular complexity index is 830. The number of rotatable bonds is 6. The number of anilines is 1. The highest BCUT2D eigenvalue weighted by molar-refractivity contribution is 7.99. The van der Waals surface area contributed by atoms with Crippen molar-refractivity contribution in [1.82, 2.24) is 25.0 Å².